The monoisotopic (exact) mass is 577 g/mol. The number of nitrogens with two attached hydrogens (primary N) is 1. The number of oxime groups is 1. The Kier molecular flexibility index (Phi) is 8.60. The third-order valence-electron chi connectivity index (χ3n) is 10.2. The molecule has 42 heavy (non-hydrogen) atoms. The van der Waals surface area contributed by atoms with Crippen LogP contribution in [-0.2, 0) is 14.4 Å². The number of rotatable bonds is 9. The van der Waals surface area contributed by atoms with Gasteiger partial charge in [-0.2, -0.15) is 0 Å². The summed E-state index contributed by atoms with van der Waals surface area (Å²) in [6, 6.07) is 9.21. The molecule has 2 unspecified atom stereocenters. The fourth-order valence-electron chi connectivity index (χ4n) is 8.63. The number of carboxylic acid groups (broad SMARTS) is 1. The number of aromatic nitrogens is 2. The molecule has 4 aliphatic rings. The second-order valence-electron chi connectivity index (χ2n) is 13.0. The number of piperidine rings is 2. The highest BCUT2D eigenvalue weighted by atomic mass is 16.6. The lowest BCUT2D eigenvalue weighted by Crippen LogP contribution is -2.58. The minimum absolute atomic E-state index is 0.0129. The van der Waals surface area contributed by atoms with Crippen molar-refractivity contribution >= 4 is 28.6 Å². The average Bonchev–Trinajstić information content (AvgIpc) is 3.12. The molecule has 0 radical (unpaired) electrons. The van der Waals surface area contributed by atoms with Crippen molar-refractivity contribution in [1.29, 1.82) is 0 Å². The van der Waals surface area contributed by atoms with Crippen LogP contribution in [0.25, 0.3) is 11.0 Å². The highest BCUT2D eigenvalue weighted by Gasteiger charge is 2.45. The van der Waals surface area contributed by atoms with Gasteiger partial charge in [-0.15, -0.1) is 0 Å². The van der Waals surface area contributed by atoms with Crippen LogP contribution in [0.2, 0.25) is 0 Å². The van der Waals surface area contributed by atoms with Crippen molar-refractivity contribution in [3.8, 4) is 0 Å². The molecule has 2 aliphatic carbocycles. The molecular formula is C32H43N5O5. The lowest BCUT2D eigenvalue weighted by molar-refractivity contribution is -0.142. The number of amides is 1. The Bertz CT molecular complexity index is 1380. The van der Waals surface area contributed by atoms with E-state index in [0.717, 1.165) is 43.0 Å². The van der Waals surface area contributed by atoms with Crippen LogP contribution in [-0.4, -0.2) is 61.9 Å². The summed E-state index contributed by atoms with van der Waals surface area (Å²) in [5.74, 6) is -0.00634. The lowest BCUT2D eigenvalue weighted by atomic mass is 9.73. The Balaban J connectivity index is 1.34. The Hall–Kier alpha value is -3.27. The van der Waals surface area contributed by atoms with Gasteiger partial charge in [-0.3, -0.25) is 14.5 Å². The number of para-hydroxylation sites is 2. The molecule has 10 nitrogen and oxygen atoms in total. The number of primary amides is 1. The van der Waals surface area contributed by atoms with Gasteiger partial charge in [0.25, 0.3) is 5.56 Å². The van der Waals surface area contributed by atoms with Crippen LogP contribution >= 0.6 is 0 Å². The molecule has 2 aliphatic heterocycles. The summed E-state index contributed by atoms with van der Waals surface area (Å²) in [5, 5.41) is 13.0. The van der Waals surface area contributed by atoms with Crippen molar-refractivity contribution in [3.05, 3.63) is 40.3 Å². The molecule has 10 heteroatoms. The minimum Gasteiger partial charge on any atom is -0.479 e. The van der Waals surface area contributed by atoms with Crippen LogP contribution in [0.5, 0.6) is 0 Å². The van der Waals surface area contributed by atoms with Crippen LogP contribution in [0.1, 0.15) is 102 Å². The van der Waals surface area contributed by atoms with E-state index in [1.54, 1.807) is 0 Å². The summed E-state index contributed by atoms with van der Waals surface area (Å²) in [6.45, 7) is -0.660. The predicted molar refractivity (Wildman–Crippen MR) is 159 cm³/mol. The molecule has 2 aromatic rings. The van der Waals surface area contributed by atoms with Crippen molar-refractivity contribution in [2.45, 2.75) is 114 Å². The molecule has 3 N–H and O–H groups in total. The third-order valence-corrected chi connectivity index (χ3v) is 10.2. The SMILES string of the molecule is NC(=O)CCC(=NOCC(=O)O)c1nc2ccccc2n(C2C[C@H]3CCC[C@@H](C2)N3C2C[C@H]3CCCC[C@@H](C2)C3)c1=O. The van der Waals surface area contributed by atoms with E-state index in [9.17, 15) is 14.4 Å². The molecule has 4 fully saturated rings. The van der Waals surface area contributed by atoms with Crippen LogP contribution < -0.4 is 11.3 Å². The van der Waals surface area contributed by atoms with Gasteiger partial charge in [-0.1, -0.05) is 49.4 Å². The molecule has 6 atom stereocenters. The normalized spacial score (nSPS) is 30.0. The first-order chi connectivity index (χ1) is 20.4. The molecule has 226 valence electrons. The number of aliphatic carboxylic acids is 1. The zero-order valence-electron chi connectivity index (χ0n) is 24.3. The molecule has 1 aromatic carbocycles. The van der Waals surface area contributed by atoms with E-state index in [1.165, 1.54) is 51.4 Å². The molecule has 1 aromatic heterocycles. The molecule has 6 rings (SSSR count). The van der Waals surface area contributed by atoms with Crippen LogP contribution in [0.4, 0.5) is 0 Å². The third kappa shape index (κ3) is 6.09. The summed E-state index contributed by atoms with van der Waals surface area (Å²) in [7, 11) is 0. The van der Waals surface area contributed by atoms with E-state index in [4.69, 9.17) is 15.7 Å². The van der Waals surface area contributed by atoms with E-state index in [0.29, 0.717) is 23.6 Å². The van der Waals surface area contributed by atoms with Gasteiger partial charge < -0.3 is 20.2 Å². The maximum absolute atomic E-state index is 14.3. The first-order valence-electron chi connectivity index (χ1n) is 15.9. The second-order valence-corrected chi connectivity index (χ2v) is 13.0. The number of hydrogen-bond donors (Lipinski definition) is 2. The highest BCUT2D eigenvalue weighted by Crippen LogP contribution is 2.47. The van der Waals surface area contributed by atoms with Gasteiger partial charge in [0.15, 0.2) is 5.69 Å². The summed E-state index contributed by atoms with van der Waals surface area (Å²) in [4.78, 5) is 49.5. The van der Waals surface area contributed by atoms with Gasteiger partial charge >= 0.3 is 5.97 Å². The fourth-order valence-corrected chi connectivity index (χ4v) is 8.63. The summed E-state index contributed by atoms with van der Waals surface area (Å²) in [6.07, 6.45) is 15.0. The summed E-state index contributed by atoms with van der Waals surface area (Å²) >= 11 is 0. The summed E-state index contributed by atoms with van der Waals surface area (Å²) < 4.78 is 1.90. The lowest BCUT2D eigenvalue weighted by Gasteiger charge is -2.54. The summed E-state index contributed by atoms with van der Waals surface area (Å²) in [5.41, 5.74) is 6.78. The van der Waals surface area contributed by atoms with Gasteiger partial charge in [0.2, 0.25) is 12.5 Å². The smallest absolute Gasteiger partial charge is 0.344 e. The first-order valence-corrected chi connectivity index (χ1v) is 15.9. The second kappa shape index (κ2) is 12.5. The van der Waals surface area contributed by atoms with Crippen LogP contribution in [0.3, 0.4) is 0 Å². The van der Waals surface area contributed by atoms with Crippen molar-refractivity contribution in [3.63, 3.8) is 0 Å². The first kappa shape index (κ1) is 28.8. The topological polar surface area (TPSA) is 140 Å². The standard InChI is InChI=1S/C32H43N5O5/c33-29(38)13-12-27(35-42-19-30(39)40)31-32(41)37(28-11-4-3-10-26(28)34-31)25-17-22-8-5-9-23(18-25)36(22)24-15-20-6-1-2-7-21(14-20)16-24/h3-4,10-11,20-25H,1-2,5-9,12-19H2,(H2,33,38)(H,39,40)/t20-,21+,22-,23+,24?,25?. The van der Waals surface area contributed by atoms with Gasteiger partial charge in [-0.05, 0) is 68.9 Å². The number of benzene rings is 1. The molecule has 3 heterocycles. The molecular weight excluding hydrogens is 534 g/mol. The number of carbonyl (C=O) groups excluding carboxylic acids is 1. The van der Waals surface area contributed by atoms with E-state index >= 15 is 0 Å². The van der Waals surface area contributed by atoms with Crippen molar-refractivity contribution < 1.29 is 19.5 Å². The highest BCUT2D eigenvalue weighted by molar-refractivity contribution is 6.01. The predicted octanol–water partition coefficient (Wildman–Crippen LogP) is 4.38. The molecule has 1 amide bonds. The fraction of sp³-hybridized carbons (Fsp3) is 0.656. The van der Waals surface area contributed by atoms with E-state index in [-0.39, 0.29) is 35.8 Å². The van der Waals surface area contributed by atoms with Gasteiger partial charge in [0, 0.05) is 37.0 Å². The number of hydrogen-bond acceptors (Lipinski definition) is 7. The van der Waals surface area contributed by atoms with Gasteiger partial charge in [0.05, 0.1) is 11.0 Å². The molecule has 2 saturated heterocycles. The Morgan fingerprint density at radius 1 is 0.905 bits per heavy atom. The Labute approximate surface area is 246 Å². The maximum Gasteiger partial charge on any atom is 0.344 e. The number of carboxylic acids is 1. The van der Waals surface area contributed by atoms with Crippen LogP contribution in [0.15, 0.2) is 34.2 Å². The number of fused-ring (bicyclic) bond motifs is 5. The van der Waals surface area contributed by atoms with Crippen molar-refractivity contribution in [2.75, 3.05) is 6.61 Å². The number of nitrogens with zero attached hydrogens (tertiary/aromatic N) is 4. The average molecular weight is 578 g/mol. The number of carbonyl (C=O) groups is 2. The molecule has 0 spiro atoms. The van der Waals surface area contributed by atoms with E-state index in [1.807, 2.05) is 28.8 Å². The minimum atomic E-state index is -1.19. The zero-order valence-corrected chi connectivity index (χ0v) is 24.3. The molecule has 2 saturated carbocycles. The van der Waals surface area contributed by atoms with Gasteiger partial charge in [0.1, 0.15) is 5.71 Å². The maximum atomic E-state index is 14.3. The zero-order chi connectivity index (χ0) is 29.2. The van der Waals surface area contributed by atoms with Crippen LogP contribution in [0, 0.1) is 11.8 Å². The molecule has 4 bridgehead atoms. The van der Waals surface area contributed by atoms with Crippen molar-refractivity contribution in [1.82, 2.24) is 14.5 Å². The quantitative estimate of drug-likeness (QED) is 0.333. The van der Waals surface area contributed by atoms with E-state index < -0.39 is 18.5 Å². The van der Waals surface area contributed by atoms with Gasteiger partial charge in [-0.25, -0.2) is 9.78 Å². The Morgan fingerprint density at radius 2 is 1.60 bits per heavy atom. The largest absolute Gasteiger partial charge is 0.479 e. The van der Waals surface area contributed by atoms with Crippen molar-refractivity contribution in [2.24, 2.45) is 22.7 Å². The Morgan fingerprint density at radius 3 is 2.26 bits per heavy atom. The van der Waals surface area contributed by atoms with E-state index in [2.05, 4.69) is 15.0 Å².